The third kappa shape index (κ3) is 3.05. The number of hydrogen-bond acceptors (Lipinski definition) is 5. The molecule has 0 bridgehead atoms. The summed E-state index contributed by atoms with van der Waals surface area (Å²) in [4.78, 5) is 0.886. The molecule has 4 nitrogen and oxygen atoms in total. The average molecular weight is 355 g/mol. The SMILES string of the molecule is Fc1ccc(OCc2nnc(-c3ccc(Br)s3)o2)cc1. The molecule has 20 heavy (non-hydrogen) atoms. The summed E-state index contributed by atoms with van der Waals surface area (Å²) in [5.41, 5.74) is 0. The molecule has 0 aliphatic heterocycles. The van der Waals surface area contributed by atoms with Crippen LogP contribution in [0.25, 0.3) is 10.8 Å². The van der Waals surface area contributed by atoms with E-state index < -0.39 is 0 Å². The van der Waals surface area contributed by atoms with Gasteiger partial charge in [-0.3, -0.25) is 0 Å². The Bertz CT molecular complexity index is 711. The van der Waals surface area contributed by atoms with Crippen LogP contribution >= 0.6 is 27.3 Å². The first-order chi connectivity index (χ1) is 9.70. The van der Waals surface area contributed by atoms with Gasteiger partial charge in [0.15, 0.2) is 6.61 Å². The van der Waals surface area contributed by atoms with Crippen LogP contribution in [-0.4, -0.2) is 10.2 Å². The van der Waals surface area contributed by atoms with Gasteiger partial charge in [-0.25, -0.2) is 4.39 Å². The number of benzene rings is 1. The topological polar surface area (TPSA) is 48.2 Å². The number of aromatic nitrogens is 2. The molecule has 0 amide bonds. The Hall–Kier alpha value is -1.73. The molecule has 102 valence electrons. The van der Waals surface area contributed by atoms with Gasteiger partial charge in [-0.05, 0) is 52.3 Å². The first-order valence-electron chi connectivity index (χ1n) is 5.67. The molecule has 0 N–H and O–H groups in total. The van der Waals surface area contributed by atoms with Crippen LogP contribution in [0.1, 0.15) is 5.89 Å². The summed E-state index contributed by atoms with van der Waals surface area (Å²) in [6, 6.07) is 9.56. The fourth-order valence-electron chi connectivity index (χ4n) is 1.52. The summed E-state index contributed by atoms with van der Waals surface area (Å²) in [7, 11) is 0. The van der Waals surface area contributed by atoms with E-state index in [1.54, 1.807) is 12.1 Å². The van der Waals surface area contributed by atoms with Gasteiger partial charge in [-0.15, -0.1) is 21.5 Å². The molecular formula is C13H8BrFN2O2S. The van der Waals surface area contributed by atoms with Crippen LogP contribution in [0.5, 0.6) is 5.75 Å². The lowest BCUT2D eigenvalue weighted by molar-refractivity contribution is 0.264. The van der Waals surface area contributed by atoms with Crippen LogP contribution < -0.4 is 4.74 Å². The summed E-state index contributed by atoms with van der Waals surface area (Å²) in [5, 5.41) is 7.87. The normalized spacial score (nSPS) is 10.7. The van der Waals surface area contributed by atoms with Gasteiger partial charge in [-0.1, -0.05) is 0 Å². The van der Waals surface area contributed by atoms with E-state index in [2.05, 4.69) is 26.1 Å². The first kappa shape index (κ1) is 13.3. The molecular weight excluding hydrogens is 347 g/mol. The van der Waals surface area contributed by atoms with E-state index >= 15 is 0 Å². The van der Waals surface area contributed by atoms with Crippen molar-refractivity contribution < 1.29 is 13.5 Å². The van der Waals surface area contributed by atoms with E-state index in [9.17, 15) is 4.39 Å². The van der Waals surface area contributed by atoms with Crippen LogP contribution in [0.4, 0.5) is 4.39 Å². The number of rotatable bonds is 4. The lowest BCUT2D eigenvalue weighted by Crippen LogP contribution is -1.95. The molecule has 0 saturated heterocycles. The van der Waals surface area contributed by atoms with Crippen LogP contribution in [0, 0.1) is 5.82 Å². The van der Waals surface area contributed by atoms with E-state index in [0.29, 0.717) is 17.5 Å². The molecule has 3 aromatic rings. The van der Waals surface area contributed by atoms with Crippen molar-refractivity contribution in [3.8, 4) is 16.5 Å². The minimum atomic E-state index is -0.305. The monoisotopic (exact) mass is 354 g/mol. The zero-order valence-electron chi connectivity index (χ0n) is 10.0. The minimum Gasteiger partial charge on any atom is -0.484 e. The van der Waals surface area contributed by atoms with Gasteiger partial charge in [0.1, 0.15) is 11.6 Å². The van der Waals surface area contributed by atoms with E-state index in [4.69, 9.17) is 9.15 Å². The number of hydrogen-bond donors (Lipinski definition) is 0. The highest BCUT2D eigenvalue weighted by molar-refractivity contribution is 9.11. The molecule has 3 rings (SSSR count). The molecule has 7 heteroatoms. The Kier molecular flexibility index (Phi) is 3.79. The van der Waals surface area contributed by atoms with Crippen molar-refractivity contribution in [3.63, 3.8) is 0 Å². The third-order valence-electron chi connectivity index (χ3n) is 2.43. The van der Waals surface area contributed by atoms with Crippen LogP contribution in [-0.2, 0) is 6.61 Å². The van der Waals surface area contributed by atoms with E-state index in [1.807, 2.05) is 12.1 Å². The minimum absolute atomic E-state index is 0.144. The molecule has 2 aromatic heterocycles. The van der Waals surface area contributed by atoms with Crippen molar-refractivity contribution in [2.24, 2.45) is 0 Å². The maximum Gasteiger partial charge on any atom is 0.257 e. The van der Waals surface area contributed by atoms with Gasteiger partial charge < -0.3 is 9.15 Å². The molecule has 0 unspecified atom stereocenters. The largest absolute Gasteiger partial charge is 0.484 e. The standard InChI is InChI=1S/C13H8BrFN2O2S/c14-11-6-5-10(20-11)13-17-16-12(19-13)7-18-9-3-1-8(15)2-4-9/h1-6H,7H2. The second-order valence-corrected chi connectivity index (χ2v) is 6.31. The summed E-state index contributed by atoms with van der Waals surface area (Å²) >= 11 is 4.88. The molecule has 0 aliphatic rings. The quantitative estimate of drug-likeness (QED) is 0.701. The molecule has 0 saturated carbocycles. The van der Waals surface area contributed by atoms with Crippen molar-refractivity contribution in [1.82, 2.24) is 10.2 Å². The van der Waals surface area contributed by atoms with E-state index in [0.717, 1.165) is 8.66 Å². The second-order valence-electron chi connectivity index (χ2n) is 3.85. The predicted octanol–water partition coefficient (Wildman–Crippen LogP) is 4.28. The number of nitrogens with zero attached hydrogens (tertiary/aromatic N) is 2. The average Bonchev–Trinajstić information content (AvgIpc) is 3.07. The fraction of sp³-hybridized carbons (Fsp3) is 0.0769. The summed E-state index contributed by atoms with van der Waals surface area (Å²) in [5.74, 6) is 1.07. The first-order valence-corrected chi connectivity index (χ1v) is 7.28. The van der Waals surface area contributed by atoms with Crippen LogP contribution in [0.15, 0.2) is 44.6 Å². The van der Waals surface area contributed by atoms with Crippen molar-refractivity contribution in [3.05, 3.63) is 51.9 Å². The highest BCUT2D eigenvalue weighted by atomic mass is 79.9. The Labute approximate surface area is 126 Å². The van der Waals surface area contributed by atoms with Gasteiger partial charge >= 0.3 is 0 Å². The Balaban J connectivity index is 1.67. The lowest BCUT2D eigenvalue weighted by atomic mass is 10.3. The molecule has 0 spiro atoms. The van der Waals surface area contributed by atoms with Gasteiger partial charge in [0.05, 0.1) is 8.66 Å². The van der Waals surface area contributed by atoms with Crippen molar-refractivity contribution >= 4 is 27.3 Å². The number of halogens is 2. The van der Waals surface area contributed by atoms with Crippen molar-refractivity contribution in [2.45, 2.75) is 6.61 Å². The van der Waals surface area contributed by atoms with E-state index in [1.165, 1.54) is 23.5 Å². The molecule has 0 atom stereocenters. The fourth-order valence-corrected chi connectivity index (χ4v) is 2.82. The maximum absolute atomic E-state index is 12.7. The van der Waals surface area contributed by atoms with Gasteiger partial charge in [-0.2, -0.15) is 0 Å². The molecule has 0 radical (unpaired) electrons. The smallest absolute Gasteiger partial charge is 0.257 e. The predicted molar refractivity (Wildman–Crippen MR) is 76.0 cm³/mol. The number of ether oxygens (including phenoxy) is 1. The van der Waals surface area contributed by atoms with Gasteiger partial charge in [0.2, 0.25) is 0 Å². The van der Waals surface area contributed by atoms with Crippen LogP contribution in [0.3, 0.4) is 0 Å². The van der Waals surface area contributed by atoms with Gasteiger partial charge in [0.25, 0.3) is 11.8 Å². The highest BCUT2D eigenvalue weighted by Crippen LogP contribution is 2.30. The number of thiophene rings is 1. The zero-order valence-corrected chi connectivity index (χ0v) is 12.4. The van der Waals surface area contributed by atoms with Crippen molar-refractivity contribution in [1.29, 1.82) is 0 Å². The lowest BCUT2D eigenvalue weighted by Gasteiger charge is -2.01. The Morgan fingerprint density at radius 3 is 2.65 bits per heavy atom. The maximum atomic E-state index is 12.7. The third-order valence-corrected chi connectivity index (χ3v) is 4.04. The molecule has 2 heterocycles. The Morgan fingerprint density at radius 1 is 1.15 bits per heavy atom. The summed E-state index contributed by atoms with van der Waals surface area (Å²) < 4.78 is 24.7. The second kappa shape index (κ2) is 5.72. The summed E-state index contributed by atoms with van der Waals surface area (Å²) in [6.45, 7) is 0.144. The highest BCUT2D eigenvalue weighted by Gasteiger charge is 2.11. The molecule has 0 aliphatic carbocycles. The van der Waals surface area contributed by atoms with E-state index in [-0.39, 0.29) is 12.4 Å². The summed E-state index contributed by atoms with van der Waals surface area (Å²) in [6.07, 6.45) is 0. The van der Waals surface area contributed by atoms with Crippen molar-refractivity contribution in [2.75, 3.05) is 0 Å². The molecule has 0 fully saturated rings. The Morgan fingerprint density at radius 2 is 1.95 bits per heavy atom. The zero-order chi connectivity index (χ0) is 13.9. The van der Waals surface area contributed by atoms with Gasteiger partial charge in [0, 0.05) is 0 Å². The molecule has 1 aromatic carbocycles. The van der Waals surface area contributed by atoms with Crippen LogP contribution in [0.2, 0.25) is 0 Å².